The Hall–Kier alpha value is -1.26. The third kappa shape index (κ3) is 7.29. The van der Waals surface area contributed by atoms with E-state index in [4.69, 9.17) is 32.1 Å². The quantitative estimate of drug-likeness (QED) is 0.240. The summed E-state index contributed by atoms with van der Waals surface area (Å²) in [7, 11) is -1.03. The number of hydrogen-bond acceptors (Lipinski definition) is 5. The molecule has 28 heavy (non-hydrogen) atoms. The molecule has 1 atom stereocenters. The zero-order valence-corrected chi connectivity index (χ0v) is 19.2. The standard InChI is InChI=1S/C21H34ClN3O2Si/c1-28(2,3)12-11-27-16-26-10-6-8-18-7-4-5-9-25(18)21-14-19(22)17(15-23)13-20(21)24/h13-14,18H,4-12,16,24H2,1-3H3/t18-/m1/s1. The van der Waals surface area contributed by atoms with Crippen molar-refractivity contribution in [2.75, 3.05) is 37.2 Å². The molecule has 0 aromatic heterocycles. The predicted molar refractivity (Wildman–Crippen MR) is 120 cm³/mol. The van der Waals surface area contributed by atoms with E-state index in [1.807, 2.05) is 6.07 Å². The Labute approximate surface area is 175 Å². The molecule has 0 spiro atoms. The summed E-state index contributed by atoms with van der Waals surface area (Å²) in [5.41, 5.74) is 8.23. The van der Waals surface area contributed by atoms with Gasteiger partial charge < -0.3 is 20.1 Å². The fourth-order valence-corrected chi connectivity index (χ4v) is 4.46. The number of nitriles is 1. The minimum atomic E-state index is -1.03. The number of nitrogen functional groups attached to an aromatic ring is 1. The van der Waals surface area contributed by atoms with Gasteiger partial charge in [-0.15, -0.1) is 0 Å². The molecule has 7 heteroatoms. The molecule has 5 nitrogen and oxygen atoms in total. The van der Waals surface area contributed by atoms with Crippen LogP contribution in [0.4, 0.5) is 11.4 Å². The number of ether oxygens (including phenoxy) is 2. The van der Waals surface area contributed by atoms with Gasteiger partial charge in [0.05, 0.1) is 22.0 Å². The number of nitrogens with zero attached hydrogens (tertiary/aromatic N) is 2. The molecule has 0 aliphatic carbocycles. The second-order valence-electron chi connectivity index (χ2n) is 8.73. The van der Waals surface area contributed by atoms with Crippen LogP contribution < -0.4 is 10.6 Å². The average Bonchev–Trinajstić information content (AvgIpc) is 2.65. The molecule has 2 N–H and O–H groups in total. The van der Waals surface area contributed by atoms with Crippen LogP contribution in [0.15, 0.2) is 12.1 Å². The molecule has 1 aliphatic heterocycles. The van der Waals surface area contributed by atoms with E-state index in [0.717, 1.165) is 44.5 Å². The molecule has 156 valence electrons. The minimum Gasteiger partial charge on any atom is -0.397 e. The van der Waals surface area contributed by atoms with Crippen molar-refractivity contribution in [1.29, 1.82) is 5.26 Å². The number of halogens is 1. The summed E-state index contributed by atoms with van der Waals surface area (Å²) in [4.78, 5) is 2.36. The minimum absolute atomic E-state index is 0.386. The summed E-state index contributed by atoms with van der Waals surface area (Å²) in [5.74, 6) is 0. The molecule has 0 saturated carbocycles. The van der Waals surface area contributed by atoms with Crippen LogP contribution in [0.5, 0.6) is 0 Å². The van der Waals surface area contributed by atoms with Crippen molar-refractivity contribution < 1.29 is 9.47 Å². The van der Waals surface area contributed by atoms with E-state index in [1.165, 1.54) is 12.5 Å². The van der Waals surface area contributed by atoms with E-state index < -0.39 is 8.07 Å². The molecule has 1 aromatic rings. The van der Waals surface area contributed by atoms with Gasteiger partial charge in [-0.05, 0) is 50.3 Å². The number of hydrogen-bond donors (Lipinski definition) is 1. The van der Waals surface area contributed by atoms with Crippen LogP contribution in [0, 0.1) is 11.3 Å². The topological polar surface area (TPSA) is 71.5 Å². The van der Waals surface area contributed by atoms with E-state index in [-0.39, 0.29) is 0 Å². The zero-order valence-electron chi connectivity index (χ0n) is 17.5. The van der Waals surface area contributed by atoms with Crippen LogP contribution >= 0.6 is 11.6 Å². The highest BCUT2D eigenvalue weighted by atomic mass is 35.5. The molecular formula is C21H34ClN3O2Si. The average molecular weight is 424 g/mol. The Bertz CT molecular complexity index is 673. The van der Waals surface area contributed by atoms with Crippen molar-refractivity contribution >= 4 is 31.0 Å². The fourth-order valence-electron chi connectivity index (χ4n) is 3.51. The van der Waals surface area contributed by atoms with Crippen LogP contribution in [0.1, 0.15) is 37.7 Å². The third-order valence-electron chi connectivity index (χ3n) is 5.16. The second kappa shape index (κ2) is 11.1. The highest BCUT2D eigenvalue weighted by molar-refractivity contribution is 6.76. The first kappa shape index (κ1) is 23.0. The number of benzene rings is 1. The Morgan fingerprint density at radius 3 is 2.71 bits per heavy atom. The maximum atomic E-state index is 9.13. The monoisotopic (exact) mass is 423 g/mol. The van der Waals surface area contributed by atoms with Crippen molar-refractivity contribution in [3.05, 3.63) is 22.7 Å². The van der Waals surface area contributed by atoms with Gasteiger partial charge in [0.1, 0.15) is 12.9 Å². The number of piperidine rings is 1. The van der Waals surface area contributed by atoms with E-state index >= 15 is 0 Å². The first-order chi connectivity index (χ1) is 13.3. The molecule has 0 bridgehead atoms. The molecule has 2 rings (SSSR count). The molecule has 0 radical (unpaired) electrons. The van der Waals surface area contributed by atoms with Gasteiger partial charge in [-0.2, -0.15) is 5.26 Å². The summed E-state index contributed by atoms with van der Waals surface area (Å²) in [5, 5.41) is 9.60. The molecule has 1 aliphatic rings. The van der Waals surface area contributed by atoms with Gasteiger partial charge in [-0.25, -0.2) is 0 Å². The lowest BCUT2D eigenvalue weighted by Crippen LogP contribution is -2.40. The maximum Gasteiger partial charge on any atom is 0.146 e. The SMILES string of the molecule is C[Si](C)(C)CCOCOCCC[C@H]1CCCCN1c1cc(Cl)c(C#N)cc1N. The normalized spacial score (nSPS) is 17.5. The van der Waals surface area contributed by atoms with Crippen LogP contribution in [0.25, 0.3) is 0 Å². The van der Waals surface area contributed by atoms with Crippen LogP contribution in [0.2, 0.25) is 30.7 Å². The lowest BCUT2D eigenvalue weighted by atomic mass is 9.96. The van der Waals surface area contributed by atoms with Crippen molar-refractivity contribution in [3.8, 4) is 6.07 Å². The number of nitrogens with two attached hydrogens (primary N) is 1. The number of anilines is 2. The summed E-state index contributed by atoms with van der Waals surface area (Å²) in [6.07, 6.45) is 5.55. The van der Waals surface area contributed by atoms with E-state index in [0.29, 0.717) is 35.7 Å². The van der Waals surface area contributed by atoms with Crippen LogP contribution in [0.3, 0.4) is 0 Å². The van der Waals surface area contributed by atoms with Crippen molar-refractivity contribution in [3.63, 3.8) is 0 Å². The third-order valence-corrected chi connectivity index (χ3v) is 7.18. The molecule has 0 amide bonds. The van der Waals surface area contributed by atoms with Gasteiger partial charge in [0.2, 0.25) is 0 Å². The van der Waals surface area contributed by atoms with Crippen molar-refractivity contribution in [2.24, 2.45) is 0 Å². The largest absolute Gasteiger partial charge is 0.397 e. The lowest BCUT2D eigenvalue weighted by molar-refractivity contribution is -0.0506. The highest BCUT2D eigenvalue weighted by Gasteiger charge is 2.24. The van der Waals surface area contributed by atoms with E-state index in [2.05, 4.69) is 30.6 Å². The van der Waals surface area contributed by atoms with Crippen molar-refractivity contribution in [2.45, 2.75) is 63.8 Å². The molecule has 1 aromatic carbocycles. The molecule has 1 fully saturated rings. The van der Waals surface area contributed by atoms with Gasteiger partial charge in [0.15, 0.2) is 0 Å². The summed E-state index contributed by atoms with van der Waals surface area (Å²) in [6.45, 7) is 9.91. The lowest BCUT2D eigenvalue weighted by Gasteiger charge is -2.38. The smallest absolute Gasteiger partial charge is 0.146 e. The Morgan fingerprint density at radius 2 is 2.00 bits per heavy atom. The van der Waals surface area contributed by atoms with E-state index in [9.17, 15) is 0 Å². The van der Waals surface area contributed by atoms with Gasteiger partial charge in [0.25, 0.3) is 0 Å². The van der Waals surface area contributed by atoms with E-state index in [1.54, 1.807) is 6.07 Å². The molecular weight excluding hydrogens is 390 g/mol. The summed E-state index contributed by atoms with van der Waals surface area (Å²) < 4.78 is 11.2. The van der Waals surface area contributed by atoms with Gasteiger partial charge in [-0.1, -0.05) is 31.2 Å². The molecule has 1 heterocycles. The number of rotatable bonds is 10. The second-order valence-corrected chi connectivity index (χ2v) is 14.8. The van der Waals surface area contributed by atoms with Crippen LogP contribution in [-0.4, -0.2) is 40.7 Å². The first-order valence-electron chi connectivity index (χ1n) is 10.2. The first-order valence-corrected chi connectivity index (χ1v) is 14.3. The zero-order chi connectivity index (χ0) is 20.6. The summed E-state index contributed by atoms with van der Waals surface area (Å²) in [6, 6.07) is 7.22. The predicted octanol–water partition coefficient (Wildman–Crippen LogP) is 5.26. The highest BCUT2D eigenvalue weighted by Crippen LogP contribution is 2.35. The summed E-state index contributed by atoms with van der Waals surface area (Å²) >= 11 is 6.25. The Kier molecular flexibility index (Phi) is 9.09. The maximum absolute atomic E-state index is 9.13. The Balaban J connectivity index is 1.79. The van der Waals surface area contributed by atoms with Crippen molar-refractivity contribution in [1.82, 2.24) is 0 Å². The van der Waals surface area contributed by atoms with Gasteiger partial charge in [-0.3, -0.25) is 0 Å². The van der Waals surface area contributed by atoms with Crippen LogP contribution in [-0.2, 0) is 9.47 Å². The van der Waals surface area contributed by atoms with Gasteiger partial charge in [0, 0.05) is 33.9 Å². The molecule has 0 unspecified atom stereocenters. The van der Waals surface area contributed by atoms with Gasteiger partial charge >= 0.3 is 0 Å². The molecule has 1 saturated heterocycles. The fraction of sp³-hybridized carbons (Fsp3) is 0.667. The Morgan fingerprint density at radius 1 is 1.25 bits per heavy atom.